The molecule has 7 nitrogen and oxygen atoms in total. The Morgan fingerprint density at radius 3 is 2.88 bits per heavy atom. The van der Waals surface area contributed by atoms with Crippen LogP contribution in [0.4, 0.5) is 0 Å². The molecule has 0 fully saturated rings. The topological polar surface area (TPSA) is 125 Å². The molecule has 1 rings (SSSR count). The maximum absolute atomic E-state index is 11.6. The van der Waals surface area contributed by atoms with E-state index in [4.69, 9.17) is 11.1 Å². The van der Waals surface area contributed by atoms with E-state index in [1.54, 1.807) is 0 Å². The van der Waals surface area contributed by atoms with Crippen molar-refractivity contribution in [1.82, 2.24) is 14.9 Å². The monoisotopic (exact) mass is 245 g/mol. The summed E-state index contributed by atoms with van der Waals surface area (Å²) in [6, 6.07) is 0. The maximum atomic E-state index is 11.6. The van der Waals surface area contributed by atoms with E-state index in [-0.39, 0.29) is 10.7 Å². The van der Waals surface area contributed by atoms with E-state index in [1.165, 1.54) is 12.4 Å². The van der Waals surface area contributed by atoms with Gasteiger partial charge in [0.2, 0.25) is 10.0 Å². The van der Waals surface area contributed by atoms with Crippen molar-refractivity contribution in [3.63, 3.8) is 0 Å². The van der Waals surface area contributed by atoms with Crippen LogP contribution in [0.3, 0.4) is 0 Å². The first-order valence-corrected chi connectivity index (χ1v) is 6.32. The van der Waals surface area contributed by atoms with E-state index in [2.05, 4.69) is 14.9 Å². The quantitative estimate of drug-likeness (QED) is 0.301. The van der Waals surface area contributed by atoms with Crippen molar-refractivity contribution < 1.29 is 8.42 Å². The summed E-state index contributed by atoms with van der Waals surface area (Å²) in [5, 5.41) is 13.0. The predicted octanol–water partition coefficient (Wildman–Crippen LogP) is -0.206. The van der Waals surface area contributed by atoms with Gasteiger partial charge in [0, 0.05) is 19.2 Å². The molecule has 8 heteroatoms. The number of H-pyrrole nitrogens is 1. The Hall–Kier alpha value is -1.41. The van der Waals surface area contributed by atoms with Crippen LogP contribution in [0, 0.1) is 5.41 Å². The zero-order valence-corrected chi connectivity index (χ0v) is 9.55. The molecule has 0 aliphatic carbocycles. The van der Waals surface area contributed by atoms with Gasteiger partial charge in [-0.15, -0.1) is 0 Å². The highest BCUT2D eigenvalue weighted by Gasteiger charge is 2.13. The third kappa shape index (κ3) is 3.99. The van der Waals surface area contributed by atoms with Crippen LogP contribution >= 0.6 is 0 Å². The van der Waals surface area contributed by atoms with Crippen LogP contribution in [-0.4, -0.2) is 31.0 Å². The number of nitrogens with zero attached hydrogens (tertiary/aromatic N) is 1. The molecule has 0 saturated heterocycles. The van der Waals surface area contributed by atoms with E-state index >= 15 is 0 Å². The van der Waals surface area contributed by atoms with E-state index in [9.17, 15) is 8.42 Å². The molecule has 1 heterocycles. The third-order valence-electron chi connectivity index (χ3n) is 1.95. The Bertz CT molecular complexity index is 425. The van der Waals surface area contributed by atoms with E-state index in [0.29, 0.717) is 25.8 Å². The average molecular weight is 245 g/mol. The molecule has 90 valence electrons. The number of aromatic nitrogens is 2. The lowest BCUT2D eigenvalue weighted by atomic mass is 10.2. The predicted molar refractivity (Wildman–Crippen MR) is 59.5 cm³/mol. The van der Waals surface area contributed by atoms with Gasteiger partial charge in [0.25, 0.3) is 0 Å². The van der Waals surface area contributed by atoms with Crippen LogP contribution in [0.5, 0.6) is 0 Å². The Labute approximate surface area is 94.0 Å². The number of hydrogen-bond acceptors (Lipinski definition) is 4. The molecule has 0 saturated carbocycles. The molecule has 5 N–H and O–H groups in total. The summed E-state index contributed by atoms with van der Waals surface area (Å²) in [5.41, 5.74) is 5.17. The zero-order chi connectivity index (χ0) is 12.0. The van der Waals surface area contributed by atoms with Crippen molar-refractivity contribution >= 4 is 15.9 Å². The van der Waals surface area contributed by atoms with Crippen LogP contribution in [0.2, 0.25) is 0 Å². The first kappa shape index (κ1) is 12.7. The molecule has 16 heavy (non-hydrogen) atoms. The fourth-order valence-electron chi connectivity index (χ4n) is 1.12. The minimum atomic E-state index is -3.45. The standard InChI is InChI=1S/C8H15N5O2S/c9-8(10)3-1-2-4-13-16(14,15)7-5-11-12-6-7/h5-6,13H,1-4H2,(H3,9,10)(H,11,12). The van der Waals surface area contributed by atoms with E-state index < -0.39 is 10.0 Å². The van der Waals surface area contributed by atoms with Gasteiger partial charge in [0.05, 0.1) is 12.0 Å². The van der Waals surface area contributed by atoms with Gasteiger partial charge in [0.1, 0.15) is 4.90 Å². The van der Waals surface area contributed by atoms with Gasteiger partial charge in [-0.1, -0.05) is 0 Å². The highest BCUT2D eigenvalue weighted by Crippen LogP contribution is 2.04. The Morgan fingerprint density at radius 2 is 2.31 bits per heavy atom. The molecule has 0 radical (unpaired) electrons. The van der Waals surface area contributed by atoms with Crippen molar-refractivity contribution in [3.05, 3.63) is 12.4 Å². The molecule has 0 aromatic carbocycles. The Balaban J connectivity index is 2.30. The van der Waals surface area contributed by atoms with E-state index in [1.807, 2.05) is 0 Å². The number of amidine groups is 1. The highest BCUT2D eigenvalue weighted by molar-refractivity contribution is 7.89. The van der Waals surface area contributed by atoms with Gasteiger partial charge in [-0.25, -0.2) is 13.1 Å². The molecule has 0 aliphatic rings. The van der Waals surface area contributed by atoms with Crippen molar-refractivity contribution in [1.29, 1.82) is 5.41 Å². The third-order valence-corrected chi connectivity index (χ3v) is 3.38. The fraction of sp³-hybridized carbons (Fsp3) is 0.500. The molecule has 0 unspecified atom stereocenters. The van der Waals surface area contributed by atoms with Gasteiger partial charge in [-0.3, -0.25) is 10.5 Å². The van der Waals surface area contributed by atoms with Crippen LogP contribution in [-0.2, 0) is 10.0 Å². The summed E-state index contributed by atoms with van der Waals surface area (Å²) >= 11 is 0. The summed E-state index contributed by atoms with van der Waals surface area (Å²) in [7, 11) is -3.45. The second-order valence-corrected chi connectivity index (χ2v) is 5.08. The lowest BCUT2D eigenvalue weighted by molar-refractivity contribution is 0.577. The lowest BCUT2D eigenvalue weighted by Gasteiger charge is -2.03. The van der Waals surface area contributed by atoms with Gasteiger partial charge in [-0.05, 0) is 12.8 Å². The molecule has 0 bridgehead atoms. The number of unbranched alkanes of at least 4 members (excludes halogenated alkanes) is 1. The minimum absolute atomic E-state index is 0.123. The average Bonchev–Trinajstić information content (AvgIpc) is 2.69. The highest BCUT2D eigenvalue weighted by atomic mass is 32.2. The van der Waals surface area contributed by atoms with Gasteiger partial charge < -0.3 is 5.73 Å². The van der Waals surface area contributed by atoms with Crippen LogP contribution in [0.15, 0.2) is 17.3 Å². The number of hydrogen-bond donors (Lipinski definition) is 4. The van der Waals surface area contributed by atoms with Crippen molar-refractivity contribution in [2.75, 3.05) is 6.54 Å². The number of nitrogens with one attached hydrogen (secondary N) is 3. The molecule has 0 atom stereocenters. The van der Waals surface area contributed by atoms with Crippen LogP contribution in [0.25, 0.3) is 0 Å². The summed E-state index contributed by atoms with van der Waals surface area (Å²) in [6.07, 6.45) is 4.41. The van der Waals surface area contributed by atoms with Gasteiger partial charge >= 0.3 is 0 Å². The number of sulfonamides is 1. The maximum Gasteiger partial charge on any atom is 0.243 e. The molecule has 1 aromatic heterocycles. The minimum Gasteiger partial charge on any atom is -0.388 e. The van der Waals surface area contributed by atoms with Crippen LogP contribution < -0.4 is 10.5 Å². The smallest absolute Gasteiger partial charge is 0.243 e. The molecular weight excluding hydrogens is 230 g/mol. The van der Waals surface area contributed by atoms with Gasteiger partial charge in [-0.2, -0.15) is 5.10 Å². The summed E-state index contributed by atoms with van der Waals surface area (Å²) in [6.45, 7) is 0.334. The SMILES string of the molecule is N=C(N)CCCCNS(=O)(=O)c1cn[nH]c1. The normalized spacial score (nSPS) is 11.5. The molecule has 0 amide bonds. The second-order valence-electron chi connectivity index (χ2n) is 3.31. The van der Waals surface area contributed by atoms with Crippen molar-refractivity contribution in [2.24, 2.45) is 5.73 Å². The summed E-state index contributed by atoms with van der Waals surface area (Å²) < 4.78 is 25.5. The fourth-order valence-corrected chi connectivity index (χ4v) is 2.10. The molecule has 1 aromatic rings. The summed E-state index contributed by atoms with van der Waals surface area (Å²) in [5.74, 6) is 0.123. The first-order chi connectivity index (χ1) is 7.52. The summed E-state index contributed by atoms with van der Waals surface area (Å²) in [4.78, 5) is 0.124. The number of rotatable bonds is 7. The lowest BCUT2D eigenvalue weighted by Crippen LogP contribution is -2.24. The largest absolute Gasteiger partial charge is 0.388 e. The molecule has 0 aliphatic heterocycles. The first-order valence-electron chi connectivity index (χ1n) is 4.84. The zero-order valence-electron chi connectivity index (χ0n) is 8.73. The van der Waals surface area contributed by atoms with Gasteiger partial charge in [0.15, 0.2) is 0 Å². The number of aromatic amines is 1. The molecule has 0 spiro atoms. The van der Waals surface area contributed by atoms with Crippen molar-refractivity contribution in [2.45, 2.75) is 24.2 Å². The number of nitrogens with two attached hydrogens (primary N) is 1. The van der Waals surface area contributed by atoms with Crippen molar-refractivity contribution in [3.8, 4) is 0 Å². The Morgan fingerprint density at radius 1 is 1.56 bits per heavy atom. The Kier molecular flexibility index (Phi) is 4.44. The molecular formula is C8H15N5O2S. The second kappa shape index (κ2) is 5.61. The van der Waals surface area contributed by atoms with E-state index in [0.717, 1.165) is 0 Å². The van der Waals surface area contributed by atoms with Crippen LogP contribution in [0.1, 0.15) is 19.3 Å².